The summed E-state index contributed by atoms with van der Waals surface area (Å²) in [5.41, 5.74) is 6.08. The number of fused-ring (bicyclic) bond motifs is 2. The van der Waals surface area contributed by atoms with Crippen LogP contribution in [0.25, 0.3) is 0 Å². The molecule has 3 heterocycles. The topological polar surface area (TPSA) is 381 Å². The van der Waals surface area contributed by atoms with Crippen LogP contribution >= 0.6 is 12.0 Å². The second-order valence-electron chi connectivity index (χ2n) is 16.0. The minimum absolute atomic E-state index is 0.0356. The molecule has 0 bridgehead atoms. The molecule has 8 amide bonds. The molecule has 3 aliphatic heterocycles. The zero-order valence-corrected chi connectivity index (χ0v) is 36.3. The van der Waals surface area contributed by atoms with Crippen LogP contribution in [0.15, 0.2) is 40.1 Å². The predicted octanol–water partition coefficient (Wildman–Crippen LogP) is -5.33. The van der Waals surface area contributed by atoms with E-state index in [9.17, 15) is 68.1 Å². The summed E-state index contributed by atoms with van der Waals surface area (Å²) in [5, 5.41) is 59.2. The molecule has 0 radical (unpaired) electrons. The number of nitrogens with two attached hydrogens (primary N) is 1. The maximum absolute atomic E-state index is 14.3. The molecule has 0 aromatic carbocycles. The lowest BCUT2D eigenvalue weighted by molar-refractivity contribution is -0.144. The lowest BCUT2D eigenvalue weighted by atomic mass is 9.93. The molecule has 0 saturated carbocycles. The van der Waals surface area contributed by atoms with Crippen LogP contribution < -0.4 is 43.0 Å². The fourth-order valence-corrected chi connectivity index (χ4v) is 7.77. The van der Waals surface area contributed by atoms with Gasteiger partial charge in [0, 0.05) is 49.0 Å². The average Bonchev–Trinajstić information content (AvgIpc) is 3.82. The van der Waals surface area contributed by atoms with Gasteiger partial charge in [0.25, 0.3) is 0 Å². The van der Waals surface area contributed by atoms with E-state index in [0.717, 1.165) is 4.90 Å². The molecule has 1 unspecified atom stereocenters. The number of hydrogen-bond acceptors (Lipinski definition) is 17. The van der Waals surface area contributed by atoms with Crippen molar-refractivity contribution in [2.45, 2.75) is 108 Å². The lowest BCUT2D eigenvalue weighted by Crippen LogP contribution is -2.61. The van der Waals surface area contributed by atoms with E-state index >= 15 is 0 Å². The second-order valence-corrected chi connectivity index (χ2v) is 16.5. The lowest BCUT2D eigenvalue weighted by Gasteiger charge is -2.32. The Balaban J connectivity index is 1.78. The van der Waals surface area contributed by atoms with E-state index in [2.05, 4.69) is 42.2 Å². The van der Waals surface area contributed by atoms with Crippen LogP contribution in [0.4, 0.5) is 0 Å². The van der Waals surface area contributed by atoms with Crippen LogP contribution in [-0.4, -0.2) is 169 Å². The number of carbonyl (C=O) groups is 9. The molecule has 352 valence electrons. The maximum Gasteiger partial charge on any atom is 0.246 e. The Kier molecular flexibility index (Phi) is 18.2. The molecule has 0 aromatic rings. The Morgan fingerprint density at radius 2 is 1.61 bits per heavy atom. The van der Waals surface area contributed by atoms with E-state index in [4.69, 9.17) is 5.73 Å². The Morgan fingerprint density at radius 3 is 2.25 bits per heavy atom. The third-order valence-corrected chi connectivity index (χ3v) is 11.7. The van der Waals surface area contributed by atoms with E-state index in [1.165, 1.54) is 32.1 Å². The van der Waals surface area contributed by atoms with Gasteiger partial charge < -0.3 is 67.5 Å². The van der Waals surface area contributed by atoms with E-state index in [1.54, 1.807) is 13.8 Å². The van der Waals surface area contributed by atoms with Crippen LogP contribution in [0.1, 0.15) is 53.4 Å². The number of rotatable bonds is 9. The highest BCUT2D eigenvalue weighted by Crippen LogP contribution is 2.35. The van der Waals surface area contributed by atoms with Gasteiger partial charge in [-0.1, -0.05) is 27.2 Å². The van der Waals surface area contributed by atoms with Crippen molar-refractivity contribution >= 4 is 70.1 Å². The number of nitrogens with one attached hydrogen (secondary N) is 7. The predicted molar refractivity (Wildman–Crippen MR) is 226 cm³/mol. The molecule has 0 aromatic heterocycles. The highest BCUT2D eigenvalue weighted by molar-refractivity contribution is 8.09. The van der Waals surface area contributed by atoms with Crippen molar-refractivity contribution in [3.63, 3.8) is 0 Å². The van der Waals surface area contributed by atoms with Gasteiger partial charge in [-0.25, -0.2) is 4.99 Å². The molecular weight excluding hydrogens is 865 g/mol. The summed E-state index contributed by atoms with van der Waals surface area (Å²) in [6.45, 7) is 3.40. The number of amides is 8. The largest absolute Gasteiger partial charge is 0.394 e. The molecule has 1 aliphatic carbocycles. The normalized spacial score (nSPS) is 29.7. The van der Waals surface area contributed by atoms with Gasteiger partial charge in [-0.3, -0.25) is 48.5 Å². The summed E-state index contributed by atoms with van der Waals surface area (Å²) in [6, 6.07) is -9.15. The summed E-state index contributed by atoms with van der Waals surface area (Å²) in [5.74, 6) is -9.95. The zero-order chi connectivity index (χ0) is 47.6. The number of hydrogen-bond donors (Lipinski definition) is 13. The number of aliphatic imine (C=N–C) groups is 1. The van der Waals surface area contributed by atoms with E-state index in [1.807, 2.05) is 0 Å². The molecular formula is C39H56N10O14S. The number of β-amino-alcohol motifs (C(OH)–C–C–N with tert-alkyl or cyclic N) is 1. The van der Waals surface area contributed by atoms with Crippen LogP contribution in [-0.2, 0) is 43.2 Å². The summed E-state index contributed by atoms with van der Waals surface area (Å²) in [6.07, 6.45) is -1.96. The number of aliphatic hydroxyl groups excluding tert-OH is 4. The molecule has 24 nitrogen and oxygen atoms in total. The van der Waals surface area contributed by atoms with Crippen molar-refractivity contribution in [2.75, 3.05) is 26.2 Å². The average molecular weight is 921 g/mol. The van der Waals surface area contributed by atoms with E-state index < -0.39 is 165 Å². The van der Waals surface area contributed by atoms with Gasteiger partial charge in [-0.15, -0.1) is 0 Å². The van der Waals surface area contributed by atoms with Crippen LogP contribution in [0.5, 0.6) is 0 Å². The van der Waals surface area contributed by atoms with Crippen molar-refractivity contribution in [2.24, 2.45) is 22.6 Å². The molecule has 4 rings (SSSR count). The Bertz CT molecular complexity index is 1990. The van der Waals surface area contributed by atoms with Crippen molar-refractivity contribution in [1.29, 1.82) is 0 Å². The summed E-state index contributed by atoms with van der Waals surface area (Å²) >= 11 is 0.195. The third kappa shape index (κ3) is 13.0. The van der Waals surface area contributed by atoms with Crippen LogP contribution in [0.2, 0.25) is 0 Å². The molecule has 14 N–H and O–H groups in total. The third-order valence-electron chi connectivity index (χ3n) is 11.2. The van der Waals surface area contributed by atoms with Crippen molar-refractivity contribution in [3.8, 4) is 0 Å². The molecule has 4 aliphatic rings. The molecule has 0 spiro atoms. The van der Waals surface area contributed by atoms with Crippen molar-refractivity contribution in [1.82, 2.24) is 42.1 Å². The van der Waals surface area contributed by atoms with Gasteiger partial charge in [0.2, 0.25) is 47.3 Å². The van der Waals surface area contributed by atoms with Gasteiger partial charge >= 0.3 is 0 Å². The van der Waals surface area contributed by atoms with Crippen LogP contribution in [0.3, 0.4) is 0 Å². The summed E-state index contributed by atoms with van der Waals surface area (Å²) in [7, 11) is 0. The Hall–Kier alpha value is -5.57. The van der Waals surface area contributed by atoms with Gasteiger partial charge in [-0.2, -0.15) is 0 Å². The molecule has 2 saturated heterocycles. The van der Waals surface area contributed by atoms with Crippen molar-refractivity contribution in [3.05, 3.63) is 35.1 Å². The molecule has 64 heavy (non-hydrogen) atoms. The fourth-order valence-electron chi connectivity index (χ4n) is 7.32. The number of ketones is 1. The first-order valence-corrected chi connectivity index (χ1v) is 21.3. The van der Waals surface area contributed by atoms with E-state index in [-0.39, 0.29) is 28.4 Å². The highest BCUT2D eigenvalue weighted by Gasteiger charge is 2.44. The standard InChI is InChI=1S/C39H56N10O14S/c1-5-16(2)31-36(60)42-12-29(55)43-18(4)33(57)45-25(11-28(40)54)39(62)49-14-20(52)9-26(49)35(59)48-32(17(3)27(53)15-50)37(61)44-24(34(58)41-13-30(56)47-31)10-22-21-7-6-19(51)8-23(21)46-38(22)64-63/h6-8,16-18,20,24-27,29,31-32,43,50,52-53,55,63H,5,9-15H2,1-4H3,(H2,40,54)(H,41,58)(H,42,60)(H,44,61)(H,45,57)(H,47,56)(H,48,59)/t16-,17-,18-,20+,24-,25-,26-,27-,29?,31-,32-/m0/s1. The number of allylic oxidation sites excluding steroid dienone is 3. The Morgan fingerprint density at radius 1 is 0.922 bits per heavy atom. The number of nitrogens with zero attached hydrogens (tertiary/aromatic N) is 2. The molecule has 2 fully saturated rings. The number of aliphatic hydroxyl groups is 4. The fraction of sp³-hybridized carbons (Fsp3) is 0.590. The first-order chi connectivity index (χ1) is 30.2. The van der Waals surface area contributed by atoms with E-state index in [0.29, 0.717) is 12.0 Å². The first kappa shape index (κ1) is 51.1. The maximum atomic E-state index is 14.3. The quantitative estimate of drug-likeness (QED) is 0.0961. The first-order valence-electron chi connectivity index (χ1n) is 20.5. The smallest absolute Gasteiger partial charge is 0.246 e. The monoisotopic (exact) mass is 920 g/mol. The van der Waals surface area contributed by atoms with Gasteiger partial charge in [0.05, 0.1) is 50.1 Å². The van der Waals surface area contributed by atoms with Crippen molar-refractivity contribution < 1.29 is 68.1 Å². The van der Waals surface area contributed by atoms with Gasteiger partial charge in [0.1, 0.15) is 41.5 Å². The SMILES string of the molecule is CC[C@H](C)[C@@H]1NC(=O)CNC(=O)[C@H](CC2=C3C=CC(=O)C=C3N=C2SO)NC(=O)[C@H]([C@@H](C)[C@@H](O)CO)NC(=O)[C@@H]2C[C@@H](O)CN2C(=O)[C@H](CC(N)=O)NC(=O)[C@H](C)NC(O)CNC1=O. The zero-order valence-electron chi connectivity index (χ0n) is 35.5. The number of primary amides is 1. The summed E-state index contributed by atoms with van der Waals surface area (Å²) < 4.78 is 10.1. The minimum atomic E-state index is -1.79. The Labute approximate surface area is 371 Å². The number of carbonyl (C=O) groups excluding carboxylic acids is 9. The van der Waals surface area contributed by atoms with Gasteiger partial charge in [0.15, 0.2) is 5.78 Å². The van der Waals surface area contributed by atoms with Crippen LogP contribution in [0, 0.1) is 11.8 Å². The second kappa shape index (κ2) is 22.9. The van der Waals surface area contributed by atoms with Gasteiger partial charge in [-0.05, 0) is 30.6 Å². The highest BCUT2D eigenvalue weighted by atomic mass is 32.2. The minimum Gasteiger partial charge on any atom is -0.394 e. The molecule has 25 heteroatoms. The summed E-state index contributed by atoms with van der Waals surface area (Å²) in [4.78, 5) is 126. The molecule has 11 atom stereocenters.